The van der Waals surface area contributed by atoms with Crippen LogP contribution < -0.4 is 0 Å². The van der Waals surface area contributed by atoms with Crippen molar-refractivity contribution >= 4 is 5.57 Å². The van der Waals surface area contributed by atoms with Gasteiger partial charge >= 0.3 is 0 Å². The first-order chi connectivity index (χ1) is 27.2. The van der Waals surface area contributed by atoms with Gasteiger partial charge in [-0.05, 0) is 91.5 Å². The van der Waals surface area contributed by atoms with Crippen LogP contribution >= 0.6 is 0 Å². The second kappa shape index (κ2) is 14.3. The molecule has 0 bridgehead atoms. The van der Waals surface area contributed by atoms with E-state index in [9.17, 15) is 0 Å². The summed E-state index contributed by atoms with van der Waals surface area (Å²) in [6.45, 7) is 7.95. The second-order valence-electron chi connectivity index (χ2n) is 13.7. The standard InChI is InChI=1S/C52H37N3/c1-3-16-36(4-2)48-35-49(37-17-7-5-8-18-37)55-51(54-48)41-22-14-20-39(34-41)38-19-13-21-40(33-38)44-26-15-28-47-50(44)45-25-11-12-27-46(45)52(47,42-23-9-6-10-24-42)43-29-31-53-32-30-43/h3-35H,1-2H2/b36-16+. The Morgan fingerprint density at radius 2 is 1.07 bits per heavy atom. The van der Waals surface area contributed by atoms with Crippen molar-refractivity contribution in [2.24, 2.45) is 0 Å². The van der Waals surface area contributed by atoms with Gasteiger partial charge in [0.2, 0.25) is 0 Å². The molecule has 260 valence electrons. The minimum Gasteiger partial charge on any atom is -0.265 e. The summed E-state index contributed by atoms with van der Waals surface area (Å²) in [7, 11) is 0. The molecule has 2 aromatic heterocycles. The highest BCUT2D eigenvalue weighted by molar-refractivity contribution is 5.96. The first-order valence-corrected chi connectivity index (χ1v) is 18.5. The SMILES string of the molecule is C=C/C=C(\C=C)c1cc(-c2ccccc2)nc(-c2cccc(-c3cccc(-c4cccc5c4-c4ccccc4C5(c4ccccc4)c4ccncc4)c3)c2)n1. The number of aromatic nitrogens is 3. The summed E-state index contributed by atoms with van der Waals surface area (Å²) in [4.78, 5) is 14.5. The third-order valence-corrected chi connectivity index (χ3v) is 10.6. The summed E-state index contributed by atoms with van der Waals surface area (Å²) >= 11 is 0. The zero-order valence-corrected chi connectivity index (χ0v) is 30.3. The second-order valence-corrected chi connectivity index (χ2v) is 13.7. The van der Waals surface area contributed by atoms with E-state index in [-0.39, 0.29) is 0 Å². The van der Waals surface area contributed by atoms with Crippen LogP contribution in [0.4, 0.5) is 0 Å². The Labute approximate surface area is 322 Å². The first-order valence-electron chi connectivity index (χ1n) is 18.5. The fourth-order valence-corrected chi connectivity index (χ4v) is 8.22. The van der Waals surface area contributed by atoms with Crippen LogP contribution in [-0.4, -0.2) is 15.0 Å². The van der Waals surface area contributed by atoms with Crippen LogP contribution in [-0.2, 0) is 5.41 Å². The largest absolute Gasteiger partial charge is 0.265 e. The molecule has 0 fully saturated rings. The van der Waals surface area contributed by atoms with Gasteiger partial charge < -0.3 is 0 Å². The Kier molecular flexibility index (Phi) is 8.74. The van der Waals surface area contributed by atoms with E-state index in [1.807, 2.05) is 48.8 Å². The molecule has 1 atom stereocenters. The van der Waals surface area contributed by atoms with Crippen LogP contribution in [0, 0.1) is 0 Å². The quantitative estimate of drug-likeness (QED) is 0.141. The summed E-state index contributed by atoms with van der Waals surface area (Å²) in [6, 6.07) is 60.5. The fourth-order valence-electron chi connectivity index (χ4n) is 8.22. The van der Waals surface area contributed by atoms with Gasteiger partial charge in [-0.1, -0.05) is 171 Å². The summed E-state index contributed by atoms with van der Waals surface area (Å²) < 4.78 is 0. The van der Waals surface area contributed by atoms with Crippen LogP contribution in [0.1, 0.15) is 27.9 Å². The summed E-state index contributed by atoms with van der Waals surface area (Å²) in [6.07, 6.45) is 9.31. The number of rotatable bonds is 9. The van der Waals surface area contributed by atoms with Crippen molar-refractivity contribution in [1.82, 2.24) is 15.0 Å². The van der Waals surface area contributed by atoms with Gasteiger partial charge in [0, 0.05) is 23.5 Å². The molecule has 55 heavy (non-hydrogen) atoms. The van der Waals surface area contributed by atoms with Crippen LogP contribution in [0.2, 0.25) is 0 Å². The molecule has 3 heteroatoms. The van der Waals surface area contributed by atoms with Gasteiger partial charge in [-0.25, -0.2) is 9.97 Å². The molecule has 3 nitrogen and oxygen atoms in total. The van der Waals surface area contributed by atoms with Gasteiger partial charge in [-0.2, -0.15) is 0 Å². The Bertz CT molecular complexity index is 2690. The van der Waals surface area contributed by atoms with E-state index in [2.05, 4.69) is 164 Å². The number of benzene rings is 6. The monoisotopic (exact) mass is 703 g/mol. The van der Waals surface area contributed by atoms with Crippen molar-refractivity contribution in [3.63, 3.8) is 0 Å². The third-order valence-electron chi connectivity index (χ3n) is 10.6. The molecule has 0 N–H and O–H groups in total. The van der Waals surface area contributed by atoms with E-state index in [4.69, 9.17) is 9.97 Å². The van der Waals surface area contributed by atoms with E-state index in [1.54, 1.807) is 6.08 Å². The molecule has 1 aliphatic carbocycles. The molecule has 0 saturated heterocycles. The maximum Gasteiger partial charge on any atom is 0.160 e. The molecular weight excluding hydrogens is 667 g/mol. The van der Waals surface area contributed by atoms with Gasteiger partial charge in [0.05, 0.1) is 16.8 Å². The number of nitrogens with zero attached hydrogens (tertiary/aromatic N) is 3. The molecule has 8 aromatic rings. The third kappa shape index (κ3) is 5.83. The Balaban J connectivity index is 1.18. The lowest BCUT2D eigenvalue weighted by Crippen LogP contribution is -2.28. The summed E-state index contributed by atoms with van der Waals surface area (Å²) in [5, 5.41) is 0. The van der Waals surface area contributed by atoms with Gasteiger partial charge in [0.1, 0.15) is 0 Å². The number of hydrogen-bond acceptors (Lipinski definition) is 3. The van der Waals surface area contributed by atoms with Gasteiger partial charge in [-0.3, -0.25) is 4.98 Å². The van der Waals surface area contributed by atoms with Crippen molar-refractivity contribution in [2.75, 3.05) is 0 Å². The highest BCUT2D eigenvalue weighted by atomic mass is 14.9. The molecule has 0 saturated carbocycles. The highest BCUT2D eigenvalue weighted by Gasteiger charge is 2.46. The zero-order valence-electron chi connectivity index (χ0n) is 30.3. The molecule has 0 spiro atoms. The summed E-state index contributed by atoms with van der Waals surface area (Å²) in [5.74, 6) is 0.650. The molecule has 1 unspecified atom stereocenters. The number of allylic oxidation sites excluding steroid dienone is 4. The molecule has 2 heterocycles. The predicted octanol–water partition coefficient (Wildman–Crippen LogP) is 12.7. The lowest BCUT2D eigenvalue weighted by atomic mass is 9.68. The molecule has 0 amide bonds. The first kappa shape index (κ1) is 33.6. The number of hydrogen-bond donors (Lipinski definition) is 0. The van der Waals surface area contributed by atoms with Crippen molar-refractivity contribution < 1.29 is 0 Å². The zero-order chi connectivity index (χ0) is 37.2. The summed E-state index contributed by atoms with van der Waals surface area (Å²) in [5.41, 5.74) is 16.0. The maximum absolute atomic E-state index is 5.07. The van der Waals surface area contributed by atoms with E-state index in [1.165, 1.54) is 38.9 Å². The maximum atomic E-state index is 5.07. The highest BCUT2D eigenvalue weighted by Crippen LogP contribution is 2.58. The van der Waals surface area contributed by atoms with Gasteiger partial charge in [0.15, 0.2) is 5.82 Å². The predicted molar refractivity (Wildman–Crippen MR) is 227 cm³/mol. The molecular formula is C52H37N3. The van der Waals surface area contributed by atoms with E-state index >= 15 is 0 Å². The van der Waals surface area contributed by atoms with Crippen molar-refractivity contribution in [1.29, 1.82) is 0 Å². The van der Waals surface area contributed by atoms with Crippen LogP contribution in [0.5, 0.6) is 0 Å². The lowest BCUT2D eigenvalue weighted by molar-refractivity contribution is 0.766. The van der Waals surface area contributed by atoms with Crippen LogP contribution in [0.25, 0.3) is 61.6 Å². The minimum absolute atomic E-state index is 0.489. The number of fused-ring (bicyclic) bond motifs is 3. The van der Waals surface area contributed by atoms with Crippen molar-refractivity contribution in [2.45, 2.75) is 5.41 Å². The molecule has 0 aliphatic heterocycles. The molecule has 1 aliphatic rings. The number of pyridine rings is 1. The smallest absolute Gasteiger partial charge is 0.160 e. The van der Waals surface area contributed by atoms with Gasteiger partial charge in [-0.15, -0.1) is 0 Å². The molecule has 0 radical (unpaired) electrons. The Morgan fingerprint density at radius 1 is 0.491 bits per heavy atom. The van der Waals surface area contributed by atoms with E-state index in [0.29, 0.717) is 5.82 Å². The van der Waals surface area contributed by atoms with Gasteiger partial charge in [0.25, 0.3) is 0 Å². The van der Waals surface area contributed by atoms with E-state index < -0.39 is 5.41 Å². The normalized spacial score (nSPS) is 14.5. The van der Waals surface area contributed by atoms with Crippen LogP contribution in [0.15, 0.2) is 214 Å². The molecule has 9 rings (SSSR count). The minimum atomic E-state index is -0.489. The fraction of sp³-hybridized carbons (Fsp3) is 0.0192. The Morgan fingerprint density at radius 3 is 1.82 bits per heavy atom. The lowest BCUT2D eigenvalue weighted by Gasteiger charge is -2.33. The topological polar surface area (TPSA) is 38.7 Å². The van der Waals surface area contributed by atoms with Crippen molar-refractivity contribution in [3.8, 4) is 56.0 Å². The van der Waals surface area contributed by atoms with Crippen molar-refractivity contribution in [3.05, 3.63) is 242 Å². The van der Waals surface area contributed by atoms with Crippen LogP contribution in [0.3, 0.4) is 0 Å². The molecule has 6 aromatic carbocycles. The Hall–Kier alpha value is -7.23. The average Bonchev–Trinajstić information content (AvgIpc) is 3.58. The average molecular weight is 704 g/mol. The van der Waals surface area contributed by atoms with E-state index in [0.717, 1.165) is 44.8 Å².